The molecule has 1 saturated carbocycles. The first kappa shape index (κ1) is 11.7. The number of hydrogen-bond donors (Lipinski definition) is 1. The van der Waals surface area contributed by atoms with Gasteiger partial charge in [0.2, 0.25) is 0 Å². The lowest BCUT2D eigenvalue weighted by atomic mass is 10.1. The Bertz CT molecular complexity index is 556. The second kappa shape index (κ2) is 4.73. The summed E-state index contributed by atoms with van der Waals surface area (Å²) in [4.78, 5) is 4.61. The van der Waals surface area contributed by atoms with E-state index in [1.54, 1.807) is 0 Å². The lowest BCUT2D eigenvalue weighted by Gasteiger charge is -2.02. The maximum Gasteiger partial charge on any atom is 0.181 e. The summed E-state index contributed by atoms with van der Waals surface area (Å²) >= 11 is 6.13. The van der Waals surface area contributed by atoms with Gasteiger partial charge in [0.05, 0.1) is 0 Å². The van der Waals surface area contributed by atoms with Gasteiger partial charge in [0, 0.05) is 16.5 Å². The van der Waals surface area contributed by atoms with Gasteiger partial charge in [0.25, 0.3) is 0 Å². The van der Waals surface area contributed by atoms with E-state index in [-0.39, 0.29) is 0 Å². The molecule has 94 valence electrons. The molecule has 3 rings (SSSR count). The molecular weight excluding hydrogens is 246 g/mol. The number of H-pyrrole nitrogens is 1. The zero-order valence-corrected chi connectivity index (χ0v) is 11.2. The van der Waals surface area contributed by atoms with Crippen LogP contribution in [-0.2, 0) is 0 Å². The minimum atomic E-state index is 0.562. The summed E-state index contributed by atoms with van der Waals surface area (Å²) in [5, 5.41) is 8.15. The number of hydrogen-bond acceptors (Lipinski definition) is 2. The van der Waals surface area contributed by atoms with Gasteiger partial charge in [-0.2, -0.15) is 5.10 Å². The third kappa shape index (κ3) is 2.15. The van der Waals surface area contributed by atoms with Gasteiger partial charge in [-0.15, -0.1) is 0 Å². The Morgan fingerprint density at radius 3 is 2.78 bits per heavy atom. The topological polar surface area (TPSA) is 41.6 Å². The molecule has 0 atom stereocenters. The Labute approximate surface area is 112 Å². The molecule has 1 aromatic heterocycles. The minimum absolute atomic E-state index is 0.562. The SMILES string of the molecule is Cc1ccc(-c2n[nH]c(C3CCCC3)n2)cc1Cl. The van der Waals surface area contributed by atoms with Crippen molar-refractivity contribution >= 4 is 11.6 Å². The van der Waals surface area contributed by atoms with Gasteiger partial charge in [-0.3, -0.25) is 5.10 Å². The van der Waals surface area contributed by atoms with E-state index in [1.807, 2.05) is 25.1 Å². The molecular formula is C14H16ClN3. The third-order valence-corrected chi connectivity index (χ3v) is 4.08. The Kier molecular flexibility index (Phi) is 3.08. The van der Waals surface area contributed by atoms with E-state index >= 15 is 0 Å². The van der Waals surface area contributed by atoms with E-state index in [1.165, 1.54) is 25.7 Å². The average Bonchev–Trinajstić information content (AvgIpc) is 3.01. The predicted molar refractivity (Wildman–Crippen MR) is 72.8 cm³/mol. The van der Waals surface area contributed by atoms with Crippen molar-refractivity contribution in [2.45, 2.75) is 38.5 Å². The van der Waals surface area contributed by atoms with E-state index in [0.29, 0.717) is 5.92 Å². The highest BCUT2D eigenvalue weighted by molar-refractivity contribution is 6.31. The van der Waals surface area contributed by atoms with Crippen LogP contribution in [-0.4, -0.2) is 15.2 Å². The Balaban J connectivity index is 1.89. The fraction of sp³-hybridized carbons (Fsp3) is 0.429. The molecule has 0 bridgehead atoms. The summed E-state index contributed by atoms with van der Waals surface area (Å²) in [6.45, 7) is 1.99. The molecule has 0 unspecified atom stereocenters. The molecule has 4 heteroatoms. The van der Waals surface area contributed by atoms with Crippen LogP contribution in [0, 0.1) is 6.92 Å². The Hall–Kier alpha value is -1.35. The van der Waals surface area contributed by atoms with Crippen LogP contribution < -0.4 is 0 Å². The lowest BCUT2D eigenvalue weighted by molar-refractivity contribution is 0.672. The summed E-state index contributed by atoms with van der Waals surface area (Å²) in [5.74, 6) is 2.34. The highest BCUT2D eigenvalue weighted by atomic mass is 35.5. The second-order valence-corrected chi connectivity index (χ2v) is 5.40. The number of nitrogens with zero attached hydrogens (tertiary/aromatic N) is 2. The molecule has 0 aliphatic heterocycles. The molecule has 1 N–H and O–H groups in total. The fourth-order valence-corrected chi connectivity index (χ4v) is 2.70. The van der Waals surface area contributed by atoms with Gasteiger partial charge in [-0.05, 0) is 31.4 Å². The molecule has 0 radical (unpaired) electrons. The van der Waals surface area contributed by atoms with Crippen LogP contribution >= 0.6 is 11.6 Å². The van der Waals surface area contributed by atoms with Crippen molar-refractivity contribution in [1.82, 2.24) is 15.2 Å². The molecule has 1 aliphatic rings. The minimum Gasteiger partial charge on any atom is -0.262 e. The number of aryl methyl sites for hydroxylation is 1. The predicted octanol–water partition coefficient (Wildman–Crippen LogP) is 4.09. The largest absolute Gasteiger partial charge is 0.262 e. The van der Waals surface area contributed by atoms with Crippen molar-refractivity contribution in [2.24, 2.45) is 0 Å². The first-order valence-electron chi connectivity index (χ1n) is 6.43. The van der Waals surface area contributed by atoms with E-state index in [2.05, 4.69) is 15.2 Å². The van der Waals surface area contributed by atoms with Crippen molar-refractivity contribution in [3.8, 4) is 11.4 Å². The maximum atomic E-state index is 6.13. The summed E-state index contributed by atoms with van der Waals surface area (Å²) in [6.07, 6.45) is 5.06. The number of aromatic amines is 1. The molecule has 0 saturated heterocycles. The zero-order chi connectivity index (χ0) is 12.5. The van der Waals surface area contributed by atoms with E-state index in [0.717, 1.165) is 27.8 Å². The molecule has 3 nitrogen and oxygen atoms in total. The average molecular weight is 262 g/mol. The van der Waals surface area contributed by atoms with Gasteiger partial charge in [0.15, 0.2) is 5.82 Å². The first-order valence-corrected chi connectivity index (χ1v) is 6.80. The van der Waals surface area contributed by atoms with E-state index in [9.17, 15) is 0 Å². The van der Waals surface area contributed by atoms with Crippen LogP contribution in [0.25, 0.3) is 11.4 Å². The summed E-state index contributed by atoms with van der Waals surface area (Å²) < 4.78 is 0. The second-order valence-electron chi connectivity index (χ2n) is 4.99. The normalized spacial score (nSPS) is 16.3. The van der Waals surface area contributed by atoms with Crippen molar-refractivity contribution in [3.05, 3.63) is 34.6 Å². The Morgan fingerprint density at radius 2 is 2.06 bits per heavy atom. The molecule has 2 aromatic rings. The van der Waals surface area contributed by atoms with Crippen LogP contribution in [0.3, 0.4) is 0 Å². The number of aromatic nitrogens is 3. The van der Waals surface area contributed by atoms with E-state index in [4.69, 9.17) is 11.6 Å². The number of benzene rings is 1. The molecule has 1 aliphatic carbocycles. The van der Waals surface area contributed by atoms with Crippen LogP contribution in [0.4, 0.5) is 0 Å². The van der Waals surface area contributed by atoms with Crippen molar-refractivity contribution in [1.29, 1.82) is 0 Å². The van der Waals surface area contributed by atoms with Crippen molar-refractivity contribution < 1.29 is 0 Å². The summed E-state index contributed by atoms with van der Waals surface area (Å²) in [5.41, 5.74) is 2.05. The Morgan fingerprint density at radius 1 is 1.28 bits per heavy atom. The molecule has 1 fully saturated rings. The highest BCUT2D eigenvalue weighted by Crippen LogP contribution is 2.33. The zero-order valence-electron chi connectivity index (χ0n) is 10.4. The molecule has 0 spiro atoms. The molecule has 18 heavy (non-hydrogen) atoms. The molecule has 1 aromatic carbocycles. The number of rotatable bonds is 2. The van der Waals surface area contributed by atoms with Gasteiger partial charge < -0.3 is 0 Å². The standard InChI is InChI=1S/C14H16ClN3/c1-9-6-7-11(8-12(9)15)14-16-13(17-18-14)10-4-2-3-5-10/h6-8,10H,2-5H2,1H3,(H,16,17,18). The van der Waals surface area contributed by atoms with Gasteiger partial charge >= 0.3 is 0 Å². The van der Waals surface area contributed by atoms with Crippen LogP contribution in [0.1, 0.15) is 43.0 Å². The first-order chi connectivity index (χ1) is 8.74. The van der Waals surface area contributed by atoms with E-state index < -0.39 is 0 Å². The summed E-state index contributed by atoms with van der Waals surface area (Å²) in [6, 6.07) is 5.95. The highest BCUT2D eigenvalue weighted by Gasteiger charge is 2.20. The van der Waals surface area contributed by atoms with Crippen LogP contribution in [0.5, 0.6) is 0 Å². The lowest BCUT2D eigenvalue weighted by Crippen LogP contribution is -1.94. The quantitative estimate of drug-likeness (QED) is 0.885. The van der Waals surface area contributed by atoms with Crippen LogP contribution in [0.15, 0.2) is 18.2 Å². The van der Waals surface area contributed by atoms with Gasteiger partial charge in [0.1, 0.15) is 5.82 Å². The smallest absolute Gasteiger partial charge is 0.181 e. The number of halogens is 1. The van der Waals surface area contributed by atoms with Gasteiger partial charge in [-0.1, -0.05) is 36.6 Å². The van der Waals surface area contributed by atoms with Crippen molar-refractivity contribution in [3.63, 3.8) is 0 Å². The maximum absolute atomic E-state index is 6.13. The van der Waals surface area contributed by atoms with Crippen LogP contribution in [0.2, 0.25) is 5.02 Å². The third-order valence-electron chi connectivity index (χ3n) is 3.67. The molecule has 1 heterocycles. The van der Waals surface area contributed by atoms with Crippen molar-refractivity contribution in [2.75, 3.05) is 0 Å². The number of nitrogens with one attached hydrogen (secondary N) is 1. The summed E-state index contributed by atoms with van der Waals surface area (Å²) in [7, 11) is 0. The molecule has 0 amide bonds. The fourth-order valence-electron chi connectivity index (χ4n) is 2.52. The monoisotopic (exact) mass is 261 g/mol. The van der Waals surface area contributed by atoms with Gasteiger partial charge in [-0.25, -0.2) is 4.98 Å².